The van der Waals surface area contributed by atoms with Gasteiger partial charge >= 0.3 is 0 Å². The first-order chi connectivity index (χ1) is 7.27. The molecule has 2 nitrogen and oxygen atoms in total. The first-order valence-electron chi connectivity index (χ1n) is 5.49. The van der Waals surface area contributed by atoms with Crippen LogP contribution in [0.3, 0.4) is 0 Å². The third kappa shape index (κ3) is 2.71. The van der Waals surface area contributed by atoms with Gasteiger partial charge < -0.3 is 11.1 Å². The molecule has 1 aromatic rings. The standard InChI is InChI=1S/C12H17ClN2/c13-11-5-3-9(4-6-11)12(14)10-2-1-7-15-8-10/h3-6,10,12,15H,1-2,7-8,14H2. The summed E-state index contributed by atoms with van der Waals surface area (Å²) in [6.07, 6.45) is 2.45. The van der Waals surface area contributed by atoms with E-state index in [1.165, 1.54) is 18.4 Å². The Bertz CT molecular complexity index is 304. The molecule has 3 N–H and O–H groups in total. The van der Waals surface area contributed by atoms with Crippen LogP contribution in [-0.4, -0.2) is 13.1 Å². The van der Waals surface area contributed by atoms with Gasteiger partial charge in [0.05, 0.1) is 0 Å². The highest BCUT2D eigenvalue weighted by Gasteiger charge is 2.21. The first kappa shape index (κ1) is 10.9. The molecule has 0 spiro atoms. The highest BCUT2D eigenvalue weighted by molar-refractivity contribution is 6.30. The lowest BCUT2D eigenvalue weighted by molar-refractivity contribution is 0.326. The van der Waals surface area contributed by atoms with Gasteiger partial charge in [-0.05, 0) is 49.5 Å². The maximum atomic E-state index is 6.24. The molecule has 2 atom stereocenters. The molecular formula is C12H17ClN2. The van der Waals surface area contributed by atoms with Crippen LogP contribution in [0.25, 0.3) is 0 Å². The average molecular weight is 225 g/mol. The zero-order valence-electron chi connectivity index (χ0n) is 8.75. The van der Waals surface area contributed by atoms with E-state index in [1.807, 2.05) is 24.3 Å². The van der Waals surface area contributed by atoms with Crippen molar-refractivity contribution in [1.82, 2.24) is 5.32 Å². The van der Waals surface area contributed by atoms with Crippen LogP contribution in [0.4, 0.5) is 0 Å². The van der Waals surface area contributed by atoms with Gasteiger partial charge in [-0.3, -0.25) is 0 Å². The minimum atomic E-state index is 0.134. The van der Waals surface area contributed by atoms with Crippen molar-refractivity contribution in [3.8, 4) is 0 Å². The van der Waals surface area contributed by atoms with Gasteiger partial charge in [-0.1, -0.05) is 23.7 Å². The molecule has 1 aliphatic heterocycles. The van der Waals surface area contributed by atoms with Crippen molar-refractivity contribution in [2.24, 2.45) is 11.7 Å². The SMILES string of the molecule is NC(c1ccc(Cl)cc1)C1CCCNC1. The number of nitrogens with two attached hydrogens (primary N) is 1. The molecule has 2 unspecified atom stereocenters. The van der Waals surface area contributed by atoms with Crippen molar-refractivity contribution < 1.29 is 0 Å². The van der Waals surface area contributed by atoms with Gasteiger partial charge in [-0.15, -0.1) is 0 Å². The third-order valence-corrected chi connectivity index (χ3v) is 3.35. The smallest absolute Gasteiger partial charge is 0.0406 e. The van der Waals surface area contributed by atoms with Crippen LogP contribution in [0.5, 0.6) is 0 Å². The molecular weight excluding hydrogens is 208 g/mol. The molecule has 1 aromatic carbocycles. The van der Waals surface area contributed by atoms with E-state index in [0.29, 0.717) is 5.92 Å². The van der Waals surface area contributed by atoms with E-state index in [-0.39, 0.29) is 6.04 Å². The Labute approximate surface area is 95.8 Å². The van der Waals surface area contributed by atoms with E-state index in [4.69, 9.17) is 17.3 Å². The number of benzene rings is 1. The highest BCUT2D eigenvalue weighted by Crippen LogP contribution is 2.25. The van der Waals surface area contributed by atoms with E-state index < -0.39 is 0 Å². The molecule has 0 saturated carbocycles. The van der Waals surface area contributed by atoms with E-state index in [2.05, 4.69) is 5.32 Å². The van der Waals surface area contributed by atoms with Gasteiger partial charge in [-0.25, -0.2) is 0 Å². The van der Waals surface area contributed by atoms with Crippen molar-refractivity contribution in [3.63, 3.8) is 0 Å². The van der Waals surface area contributed by atoms with Gasteiger partial charge in [0.2, 0.25) is 0 Å². The molecule has 1 fully saturated rings. The fourth-order valence-corrected chi connectivity index (χ4v) is 2.27. The summed E-state index contributed by atoms with van der Waals surface area (Å²) in [7, 11) is 0. The summed E-state index contributed by atoms with van der Waals surface area (Å²) in [5.41, 5.74) is 7.42. The van der Waals surface area contributed by atoms with Crippen LogP contribution in [0.2, 0.25) is 5.02 Å². The number of nitrogens with one attached hydrogen (secondary N) is 1. The topological polar surface area (TPSA) is 38.0 Å². The number of rotatable bonds is 2. The second-order valence-corrected chi connectivity index (χ2v) is 4.62. The Morgan fingerprint density at radius 1 is 1.33 bits per heavy atom. The average Bonchev–Trinajstić information content (AvgIpc) is 2.30. The Morgan fingerprint density at radius 2 is 2.07 bits per heavy atom. The number of halogens is 1. The molecule has 0 amide bonds. The van der Waals surface area contributed by atoms with Crippen molar-refractivity contribution >= 4 is 11.6 Å². The van der Waals surface area contributed by atoms with Gasteiger partial charge in [-0.2, -0.15) is 0 Å². The lowest BCUT2D eigenvalue weighted by Gasteiger charge is -2.28. The zero-order chi connectivity index (χ0) is 10.7. The molecule has 0 bridgehead atoms. The second-order valence-electron chi connectivity index (χ2n) is 4.18. The number of hydrogen-bond donors (Lipinski definition) is 2. The van der Waals surface area contributed by atoms with E-state index in [1.54, 1.807) is 0 Å². The van der Waals surface area contributed by atoms with Crippen LogP contribution in [-0.2, 0) is 0 Å². The molecule has 2 rings (SSSR count). The highest BCUT2D eigenvalue weighted by atomic mass is 35.5. The summed E-state index contributed by atoms with van der Waals surface area (Å²) < 4.78 is 0. The predicted octanol–water partition coefficient (Wildman–Crippen LogP) is 2.34. The minimum Gasteiger partial charge on any atom is -0.324 e. The van der Waals surface area contributed by atoms with Crippen LogP contribution in [0.1, 0.15) is 24.4 Å². The van der Waals surface area contributed by atoms with Crippen LogP contribution >= 0.6 is 11.6 Å². The van der Waals surface area contributed by atoms with Gasteiger partial charge in [0.15, 0.2) is 0 Å². The summed E-state index contributed by atoms with van der Waals surface area (Å²) in [6, 6.07) is 8.01. The maximum absolute atomic E-state index is 6.24. The summed E-state index contributed by atoms with van der Waals surface area (Å²) in [5.74, 6) is 0.555. The molecule has 0 radical (unpaired) electrons. The summed E-state index contributed by atoms with van der Waals surface area (Å²) in [6.45, 7) is 2.16. The molecule has 82 valence electrons. The zero-order valence-corrected chi connectivity index (χ0v) is 9.50. The molecule has 15 heavy (non-hydrogen) atoms. The number of hydrogen-bond acceptors (Lipinski definition) is 2. The third-order valence-electron chi connectivity index (χ3n) is 3.10. The van der Waals surface area contributed by atoms with Crippen LogP contribution in [0.15, 0.2) is 24.3 Å². The Morgan fingerprint density at radius 3 is 2.67 bits per heavy atom. The Kier molecular flexibility index (Phi) is 3.62. The Hall–Kier alpha value is -0.570. The Balaban J connectivity index is 2.05. The molecule has 3 heteroatoms. The fraction of sp³-hybridized carbons (Fsp3) is 0.500. The maximum Gasteiger partial charge on any atom is 0.0406 e. The van der Waals surface area contributed by atoms with E-state index >= 15 is 0 Å². The summed E-state index contributed by atoms with van der Waals surface area (Å²) >= 11 is 5.85. The molecule has 1 saturated heterocycles. The lowest BCUT2D eigenvalue weighted by atomic mass is 9.88. The van der Waals surface area contributed by atoms with Gasteiger partial charge in [0.1, 0.15) is 0 Å². The second kappa shape index (κ2) is 4.97. The number of piperidine rings is 1. The van der Waals surface area contributed by atoms with Gasteiger partial charge in [0.25, 0.3) is 0 Å². The van der Waals surface area contributed by atoms with Crippen LogP contribution in [0, 0.1) is 5.92 Å². The summed E-state index contributed by atoms with van der Waals surface area (Å²) in [5, 5.41) is 4.16. The lowest BCUT2D eigenvalue weighted by Crippen LogP contribution is -2.36. The summed E-state index contributed by atoms with van der Waals surface area (Å²) in [4.78, 5) is 0. The fourth-order valence-electron chi connectivity index (χ4n) is 2.14. The van der Waals surface area contributed by atoms with E-state index in [0.717, 1.165) is 18.1 Å². The predicted molar refractivity (Wildman–Crippen MR) is 64.0 cm³/mol. The largest absolute Gasteiger partial charge is 0.324 e. The van der Waals surface area contributed by atoms with Crippen molar-refractivity contribution in [3.05, 3.63) is 34.9 Å². The molecule has 1 aliphatic rings. The molecule has 0 aliphatic carbocycles. The normalized spacial score (nSPS) is 23.7. The van der Waals surface area contributed by atoms with Crippen LogP contribution < -0.4 is 11.1 Å². The van der Waals surface area contributed by atoms with Crippen molar-refractivity contribution in [2.75, 3.05) is 13.1 Å². The van der Waals surface area contributed by atoms with E-state index in [9.17, 15) is 0 Å². The molecule has 0 aromatic heterocycles. The quantitative estimate of drug-likeness (QED) is 0.810. The van der Waals surface area contributed by atoms with Gasteiger partial charge in [0, 0.05) is 11.1 Å². The van der Waals surface area contributed by atoms with Crippen molar-refractivity contribution in [1.29, 1.82) is 0 Å². The monoisotopic (exact) mass is 224 g/mol. The minimum absolute atomic E-state index is 0.134. The van der Waals surface area contributed by atoms with Crippen molar-refractivity contribution in [2.45, 2.75) is 18.9 Å². The molecule has 1 heterocycles. The first-order valence-corrected chi connectivity index (χ1v) is 5.87.